The van der Waals surface area contributed by atoms with Gasteiger partial charge in [-0.25, -0.2) is 4.98 Å². The van der Waals surface area contributed by atoms with E-state index in [1.807, 2.05) is 0 Å². The molecule has 0 aliphatic carbocycles. The SMILES string of the molecule is NC(=O)c1cc[c]n2ccnc12. The summed E-state index contributed by atoms with van der Waals surface area (Å²) >= 11 is 0. The van der Waals surface area contributed by atoms with Gasteiger partial charge in [-0.2, -0.15) is 0 Å². The third-order valence-corrected chi connectivity index (χ3v) is 1.61. The van der Waals surface area contributed by atoms with E-state index in [-0.39, 0.29) is 0 Å². The molecular formula is C8H6N3O. The topological polar surface area (TPSA) is 60.4 Å². The van der Waals surface area contributed by atoms with Crippen LogP contribution in [0.1, 0.15) is 10.4 Å². The highest BCUT2D eigenvalue weighted by atomic mass is 16.1. The Kier molecular flexibility index (Phi) is 1.33. The summed E-state index contributed by atoms with van der Waals surface area (Å²) in [4.78, 5) is 14.8. The van der Waals surface area contributed by atoms with Crippen LogP contribution in [0.25, 0.3) is 5.65 Å². The molecule has 0 fully saturated rings. The Hall–Kier alpha value is -1.84. The van der Waals surface area contributed by atoms with Gasteiger partial charge in [0.2, 0.25) is 0 Å². The Bertz CT molecular complexity index is 433. The van der Waals surface area contributed by atoms with E-state index in [2.05, 4.69) is 11.2 Å². The number of nitrogens with zero attached hydrogens (tertiary/aromatic N) is 2. The Labute approximate surface area is 68.6 Å². The van der Waals surface area contributed by atoms with Crippen LogP contribution in [0.4, 0.5) is 0 Å². The predicted molar refractivity (Wildman–Crippen MR) is 42.5 cm³/mol. The van der Waals surface area contributed by atoms with E-state index in [9.17, 15) is 4.79 Å². The third kappa shape index (κ3) is 0.852. The van der Waals surface area contributed by atoms with Gasteiger partial charge in [0.25, 0.3) is 5.91 Å². The summed E-state index contributed by atoms with van der Waals surface area (Å²) in [5, 5.41) is 0. The van der Waals surface area contributed by atoms with Gasteiger partial charge >= 0.3 is 0 Å². The number of fused-ring (bicyclic) bond motifs is 1. The van der Waals surface area contributed by atoms with Crippen LogP contribution in [-0.4, -0.2) is 15.3 Å². The predicted octanol–water partition coefficient (Wildman–Crippen LogP) is 0.233. The summed E-state index contributed by atoms with van der Waals surface area (Å²) < 4.78 is 1.63. The second-order valence-electron chi connectivity index (χ2n) is 2.36. The molecule has 0 aliphatic rings. The average molecular weight is 160 g/mol. The minimum Gasteiger partial charge on any atom is -0.365 e. The molecule has 12 heavy (non-hydrogen) atoms. The minimum atomic E-state index is -0.472. The quantitative estimate of drug-likeness (QED) is 0.649. The van der Waals surface area contributed by atoms with E-state index in [1.165, 1.54) is 0 Å². The number of carbonyl (C=O) groups is 1. The fourth-order valence-electron chi connectivity index (χ4n) is 1.07. The van der Waals surface area contributed by atoms with E-state index in [4.69, 9.17) is 5.73 Å². The molecule has 2 rings (SSSR count). The number of hydrogen-bond donors (Lipinski definition) is 1. The van der Waals surface area contributed by atoms with Crippen molar-refractivity contribution in [2.45, 2.75) is 0 Å². The molecule has 0 aromatic carbocycles. The lowest BCUT2D eigenvalue weighted by atomic mass is 10.2. The maximum Gasteiger partial charge on any atom is 0.252 e. The van der Waals surface area contributed by atoms with Crippen molar-refractivity contribution in [2.24, 2.45) is 5.73 Å². The van der Waals surface area contributed by atoms with Crippen LogP contribution >= 0.6 is 0 Å². The van der Waals surface area contributed by atoms with E-state index in [0.717, 1.165) is 0 Å². The number of hydrogen-bond acceptors (Lipinski definition) is 2. The Morgan fingerprint density at radius 2 is 2.50 bits per heavy atom. The molecule has 0 bridgehead atoms. The molecule has 59 valence electrons. The summed E-state index contributed by atoms with van der Waals surface area (Å²) in [6, 6.07) is 3.24. The monoisotopic (exact) mass is 160 g/mol. The normalized spacial score (nSPS) is 10.3. The van der Waals surface area contributed by atoms with Crippen LogP contribution in [0, 0.1) is 6.20 Å². The fraction of sp³-hybridized carbons (Fsp3) is 0. The molecule has 0 spiro atoms. The number of nitrogens with two attached hydrogens (primary N) is 1. The Morgan fingerprint density at radius 3 is 3.25 bits per heavy atom. The van der Waals surface area contributed by atoms with Crippen LogP contribution in [0.3, 0.4) is 0 Å². The van der Waals surface area contributed by atoms with Gasteiger partial charge in [0.1, 0.15) is 5.65 Å². The zero-order valence-electron chi connectivity index (χ0n) is 6.19. The molecule has 0 unspecified atom stereocenters. The first kappa shape index (κ1) is 6.84. The molecule has 4 heteroatoms. The zero-order chi connectivity index (χ0) is 8.55. The molecule has 0 atom stereocenters. The molecule has 0 saturated carbocycles. The number of pyridine rings is 1. The number of carbonyl (C=O) groups excluding carboxylic acids is 1. The highest BCUT2D eigenvalue weighted by molar-refractivity contribution is 5.98. The first-order valence-corrected chi connectivity index (χ1v) is 3.42. The van der Waals surface area contributed by atoms with Crippen LogP contribution in [-0.2, 0) is 0 Å². The van der Waals surface area contributed by atoms with Crippen molar-refractivity contribution in [3.8, 4) is 0 Å². The summed E-state index contributed by atoms with van der Waals surface area (Å²) in [7, 11) is 0. The fourth-order valence-corrected chi connectivity index (χ4v) is 1.07. The average Bonchev–Trinajstić information content (AvgIpc) is 2.49. The first-order chi connectivity index (χ1) is 5.79. The van der Waals surface area contributed by atoms with Crippen LogP contribution in [0.2, 0.25) is 0 Å². The maximum atomic E-state index is 10.9. The molecule has 0 aliphatic heterocycles. The van der Waals surface area contributed by atoms with Crippen LogP contribution < -0.4 is 5.73 Å². The lowest BCUT2D eigenvalue weighted by Gasteiger charge is -1.96. The first-order valence-electron chi connectivity index (χ1n) is 3.42. The maximum absolute atomic E-state index is 10.9. The van der Waals surface area contributed by atoms with Gasteiger partial charge in [0, 0.05) is 12.4 Å². The van der Waals surface area contributed by atoms with E-state index in [0.29, 0.717) is 11.2 Å². The molecule has 0 saturated heterocycles. The molecule has 2 N–H and O–H groups in total. The van der Waals surface area contributed by atoms with Gasteiger partial charge in [-0.3, -0.25) is 9.20 Å². The second-order valence-corrected chi connectivity index (χ2v) is 2.36. The van der Waals surface area contributed by atoms with Crippen molar-refractivity contribution in [2.75, 3.05) is 0 Å². The van der Waals surface area contributed by atoms with Crippen molar-refractivity contribution in [1.29, 1.82) is 0 Å². The third-order valence-electron chi connectivity index (χ3n) is 1.61. The van der Waals surface area contributed by atoms with Crippen molar-refractivity contribution < 1.29 is 4.79 Å². The van der Waals surface area contributed by atoms with Gasteiger partial charge in [0.05, 0.1) is 11.8 Å². The lowest BCUT2D eigenvalue weighted by Crippen LogP contribution is -2.12. The van der Waals surface area contributed by atoms with Gasteiger partial charge in [-0.15, -0.1) is 0 Å². The Balaban J connectivity index is 2.82. The summed E-state index contributed by atoms with van der Waals surface area (Å²) in [5.41, 5.74) is 6.09. The van der Waals surface area contributed by atoms with Crippen molar-refractivity contribution in [3.05, 3.63) is 36.3 Å². The van der Waals surface area contributed by atoms with Gasteiger partial charge in [0.15, 0.2) is 0 Å². The summed E-state index contributed by atoms with van der Waals surface area (Å²) in [6.45, 7) is 0. The molecule has 2 aromatic heterocycles. The summed E-state index contributed by atoms with van der Waals surface area (Å²) in [6.07, 6.45) is 6.18. The number of rotatable bonds is 1. The number of primary amides is 1. The van der Waals surface area contributed by atoms with Crippen molar-refractivity contribution in [1.82, 2.24) is 9.38 Å². The number of aromatic nitrogens is 2. The summed E-state index contributed by atoms with van der Waals surface area (Å²) in [5.74, 6) is -0.472. The highest BCUT2D eigenvalue weighted by Crippen LogP contribution is 2.06. The molecule has 2 aromatic rings. The minimum absolute atomic E-state index is 0.416. The molecule has 4 nitrogen and oxygen atoms in total. The van der Waals surface area contributed by atoms with Gasteiger partial charge in [-0.1, -0.05) is 0 Å². The van der Waals surface area contributed by atoms with E-state index < -0.39 is 5.91 Å². The van der Waals surface area contributed by atoms with Gasteiger partial charge < -0.3 is 5.73 Å². The zero-order valence-corrected chi connectivity index (χ0v) is 6.19. The molecular weight excluding hydrogens is 154 g/mol. The largest absolute Gasteiger partial charge is 0.365 e. The Morgan fingerprint density at radius 1 is 1.67 bits per heavy atom. The number of amides is 1. The molecule has 2 heterocycles. The van der Waals surface area contributed by atoms with Crippen molar-refractivity contribution in [3.63, 3.8) is 0 Å². The number of imidazole rings is 1. The molecule has 1 amide bonds. The van der Waals surface area contributed by atoms with Crippen LogP contribution in [0.15, 0.2) is 24.5 Å². The smallest absolute Gasteiger partial charge is 0.252 e. The standard InChI is InChI=1S/C8H6N3O/c9-7(12)6-2-1-4-11-5-3-10-8(6)11/h1-3,5H,(H2,9,12). The highest BCUT2D eigenvalue weighted by Gasteiger charge is 2.06. The lowest BCUT2D eigenvalue weighted by molar-refractivity contribution is 0.100. The molecule has 1 radical (unpaired) electrons. The van der Waals surface area contributed by atoms with Crippen LogP contribution in [0.5, 0.6) is 0 Å². The van der Waals surface area contributed by atoms with E-state index >= 15 is 0 Å². The van der Waals surface area contributed by atoms with Gasteiger partial charge in [-0.05, 0) is 12.1 Å². The van der Waals surface area contributed by atoms with E-state index in [1.54, 1.807) is 28.9 Å². The second kappa shape index (κ2) is 2.34. The van der Waals surface area contributed by atoms with Crippen molar-refractivity contribution >= 4 is 11.6 Å².